The number of nitro groups is 1. The summed E-state index contributed by atoms with van der Waals surface area (Å²) in [5, 5.41) is 11.8. The van der Waals surface area contributed by atoms with Gasteiger partial charge in [-0.05, 0) is 127 Å². The summed E-state index contributed by atoms with van der Waals surface area (Å²) in [4.78, 5) is 26.5. The van der Waals surface area contributed by atoms with Crippen molar-refractivity contribution in [1.82, 2.24) is 0 Å². The van der Waals surface area contributed by atoms with E-state index in [1.54, 1.807) is 6.07 Å². The summed E-state index contributed by atoms with van der Waals surface area (Å²) < 4.78 is 11.4. The molecular weight excluding hydrogens is 661 g/mol. The fourth-order valence-electron chi connectivity index (χ4n) is 11.1. The first kappa shape index (κ1) is 38.8. The number of allylic oxidation sites excluding steroid dienone is 3. The molecule has 3 saturated carbocycles. The highest BCUT2D eigenvalue weighted by atomic mass is 16.7. The monoisotopic (exact) mass is 722 g/mol. The van der Waals surface area contributed by atoms with E-state index in [0.29, 0.717) is 23.3 Å². The molecule has 0 bridgehead atoms. The van der Waals surface area contributed by atoms with Crippen molar-refractivity contribution in [2.24, 2.45) is 46.3 Å². The van der Waals surface area contributed by atoms with Crippen molar-refractivity contribution in [3.8, 4) is 5.75 Å². The summed E-state index contributed by atoms with van der Waals surface area (Å²) in [5.41, 5.74) is 4.62. The lowest BCUT2D eigenvalue weighted by Crippen LogP contribution is -2.51. The minimum Gasteiger partial charge on any atom is -0.430 e. The van der Waals surface area contributed by atoms with Crippen LogP contribution < -0.4 is 9.64 Å². The molecule has 2 aromatic rings. The molecule has 0 radical (unpaired) electrons. The second-order valence-corrected chi connectivity index (χ2v) is 17.8. The maximum Gasteiger partial charge on any atom is 0.514 e. The van der Waals surface area contributed by atoms with Crippen LogP contribution in [0.2, 0.25) is 0 Å². The quantitative estimate of drug-likeness (QED) is 0.0542. The zero-order valence-electron chi connectivity index (χ0n) is 33.2. The van der Waals surface area contributed by atoms with Crippen molar-refractivity contribution in [1.29, 1.82) is 0 Å². The van der Waals surface area contributed by atoms with E-state index in [-0.39, 0.29) is 23.0 Å². The Kier molecular flexibility index (Phi) is 11.9. The molecule has 0 aliphatic heterocycles. The number of ether oxygens (including phenoxy) is 2. The Bertz CT molecular complexity index is 1710. The van der Waals surface area contributed by atoms with E-state index in [0.717, 1.165) is 60.1 Å². The maximum absolute atomic E-state index is 13.1. The summed E-state index contributed by atoms with van der Waals surface area (Å²) in [6, 6.07) is 12.7. The van der Waals surface area contributed by atoms with Crippen molar-refractivity contribution >= 4 is 29.7 Å². The number of carbonyl (C=O) groups is 1. The number of hydrogen-bond acceptors (Lipinski definition) is 6. The Hall–Kier alpha value is -3.87. The molecule has 53 heavy (non-hydrogen) atoms. The predicted octanol–water partition coefficient (Wildman–Crippen LogP) is 12.3. The van der Waals surface area contributed by atoms with Gasteiger partial charge in [0.2, 0.25) is 5.75 Å². The third kappa shape index (κ3) is 8.44. The van der Waals surface area contributed by atoms with Crippen molar-refractivity contribution < 1.29 is 19.2 Å². The van der Waals surface area contributed by atoms with Crippen molar-refractivity contribution in [3.63, 3.8) is 0 Å². The largest absolute Gasteiger partial charge is 0.514 e. The number of fused-ring (bicyclic) bond motifs is 5. The summed E-state index contributed by atoms with van der Waals surface area (Å²) >= 11 is 0. The van der Waals surface area contributed by atoms with Gasteiger partial charge in [-0.3, -0.25) is 10.1 Å². The van der Waals surface area contributed by atoms with Gasteiger partial charge in [-0.1, -0.05) is 102 Å². The average molecular weight is 723 g/mol. The molecule has 4 aliphatic rings. The summed E-state index contributed by atoms with van der Waals surface area (Å²) in [5.74, 6) is 4.55. The number of anilines is 1. The molecule has 7 heteroatoms. The Morgan fingerprint density at radius 1 is 0.943 bits per heavy atom. The van der Waals surface area contributed by atoms with Gasteiger partial charge in [-0.25, -0.2) is 4.79 Å². The fourth-order valence-corrected chi connectivity index (χ4v) is 11.1. The lowest BCUT2D eigenvalue weighted by molar-refractivity contribution is -0.385. The van der Waals surface area contributed by atoms with Crippen LogP contribution in [-0.2, 0) is 4.74 Å². The molecule has 8 atom stereocenters. The van der Waals surface area contributed by atoms with E-state index in [2.05, 4.69) is 57.7 Å². The second kappa shape index (κ2) is 16.2. The van der Waals surface area contributed by atoms with Gasteiger partial charge >= 0.3 is 11.8 Å². The zero-order valence-corrected chi connectivity index (χ0v) is 33.2. The fraction of sp³-hybridized carbons (Fsp3) is 0.587. The highest BCUT2D eigenvalue weighted by Crippen LogP contribution is 2.67. The molecule has 4 aliphatic carbocycles. The zero-order chi connectivity index (χ0) is 37.9. The molecule has 0 saturated heterocycles. The Morgan fingerprint density at radius 3 is 2.36 bits per heavy atom. The average Bonchev–Trinajstić information content (AvgIpc) is 3.47. The van der Waals surface area contributed by atoms with Gasteiger partial charge in [-0.2, -0.15) is 0 Å². The number of hydrogen-bond donors (Lipinski definition) is 0. The lowest BCUT2D eigenvalue weighted by Gasteiger charge is -2.58. The first-order valence-corrected chi connectivity index (χ1v) is 20.3. The highest BCUT2D eigenvalue weighted by molar-refractivity contribution is 5.69. The minimum atomic E-state index is -0.883. The van der Waals surface area contributed by atoms with Crippen LogP contribution in [0.4, 0.5) is 16.2 Å². The lowest BCUT2D eigenvalue weighted by atomic mass is 9.47. The van der Waals surface area contributed by atoms with Gasteiger partial charge in [0.1, 0.15) is 6.10 Å². The maximum atomic E-state index is 13.1. The molecule has 6 rings (SSSR count). The highest BCUT2D eigenvalue weighted by Gasteiger charge is 2.59. The second-order valence-electron chi connectivity index (χ2n) is 17.8. The first-order chi connectivity index (χ1) is 25.3. The Labute approximate surface area is 318 Å². The smallest absolute Gasteiger partial charge is 0.430 e. The Morgan fingerprint density at radius 2 is 1.66 bits per heavy atom. The van der Waals surface area contributed by atoms with Crippen molar-refractivity contribution in [2.75, 3.05) is 19.0 Å². The van der Waals surface area contributed by atoms with Gasteiger partial charge in [0, 0.05) is 32.3 Å². The molecule has 0 N–H and O–H groups in total. The molecule has 7 nitrogen and oxygen atoms in total. The minimum absolute atomic E-state index is 0.111. The third-order valence-electron chi connectivity index (χ3n) is 14.0. The van der Waals surface area contributed by atoms with Crippen molar-refractivity contribution in [3.05, 3.63) is 87.5 Å². The van der Waals surface area contributed by atoms with Gasteiger partial charge in [-0.15, -0.1) is 0 Å². The number of carbonyl (C=O) groups excluding carboxylic acids is 1. The molecule has 3 fully saturated rings. The van der Waals surface area contributed by atoms with Crippen LogP contribution in [0.1, 0.15) is 116 Å². The molecule has 0 unspecified atom stereocenters. The van der Waals surface area contributed by atoms with Crippen LogP contribution in [0.3, 0.4) is 0 Å². The molecule has 0 heterocycles. The van der Waals surface area contributed by atoms with E-state index >= 15 is 0 Å². The molecule has 0 amide bonds. The number of nitro benzene ring substituents is 1. The van der Waals surface area contributed by atoms with Crippen LogP contribution in [-0.4, -0.2) is 31.3 Å². The normalized spacial score (nSPS) is 30.0. The van der Waals surface area contributed by atoms with E-state index < -0.39 is 11.1 Å². The van der Waals surface area contributed by atoms with Crippen LogP contribution in [0, 0.1) is 56.5 Å². The third-order valence-corrected chi connectivity index (χ3v) is 14.0. The van der Waals surface area contributed by atoms with Gasteiger partial charge in [0.05, 0.1) is 4.92 Å². The topological polar surface area (TPSA) is 81.9 Å². The van der Waals surface area contributed by atoms with E-state index in [1.807, 2.05) is 50.5 Å². The van der Waals surface area contributed by atoms with E-state index in [4.69, 9.17) is 9.47 Å². The predicted molar refractivity (Wildman–Crippen MR) is 216 cm³/mol. The van der Waals surface area contributed by atoms with E-state index in [1.165, 1.54) is 62.7 Å². The number of benzene rings is 2. The molecule has 286 valence electrons. The number of rotatable bonds is 12. The van der Waals surface area contributed by atoms with Crippen molar-refractivity contribution in [2.45, 2.75) is 111 Å². The van der Waals surface area contributed by atoms with Crippen LogP contribution in [0.25, 0.3) is 12.2 Å². The summed E-state index contributed by atoms with van der Waals surface area (Å²) in [6.45, 7) is 12.3. The van der Waals surface area contributed by atoms with Crippen LogP contribution >= 0.6 is 0 Å². The van der Waals surface area contributed by atoms with Crippen LogP contribution in [0.5, 0.6) is 5.75 Å². The first-order valence-electron chi connectivity index (χ1n) is 20.3. The molecule has 0 spiro atoms. The SMILES string of the molecule is CC(C)CCC[C@@H](C)[C@H]1CC[C@H]2[C@@H]3CC=C4C[C@@H](OC(=O)Oc5cc(/C=C/C=C/c6ccc(N(C)C)cc6)ccc5[N+](=O)[O-])CC[C@]4(C)[C@H]3CC[C@]12C. The molecule has 0 aromatic heterocycles. The van der Waals surface area contributed by atoms with Gasteiger partial charge < -0.3 is 14.4 Å². The van der Waals surface area contributed by atoms with Gasteiger partial charge in [0.25, 0.3) is 0 Å². The van der Waals surface area contributed by atoms with Gasteiger partial charge in [0.15, 0.2) is 0 Å². The summed E-state index contributed by atoms with van der Waals surface area (Å²) in [6.07, 6.45) is 22.0. The molecule has 2 aromatic carbocycles. The summed E-state index contributed by atoms with van der Waals surface area (Å²) in [7, 11) is 4.01. The number of nitrogens with zero attached hydrogens (tertiary/aromatic N) is 2. The Balaban J connectivity index is 1.06. The standard InChI is InChI=1S/C46H62N2O5/c1-31(2)11-10-12-32(3)39-22-23-40-38-21-18-35-30-37(25-27-45(35,4)41(38)26-28-46(39,40)5)52-44(49)53-43-29-34(17-24-42(43)48(50)51)14-9-8-13-33-15-19-36(20-16-33)47(6)7/h8-9,13-20,24,29,31-32,37-41H,10-12,21-23,25-28,30H2,1-7H3/b13-8+,14-9+/t32-,37+,38+,39-,40+,41+,45+,46-/m1/s1. The van der Waals surface area contributed by atoms with Crippen LogP contribution in [0.15, 0.2) is 66.3 Å². The van der Waals surface area contributed by atoms with E-state index in [9.17, 15) is 14.9 Å². The molecular formula is C46H62N2O5.